The quantitative estimate of drug-likeness (QED) is 0.749. The van der Waals surface area contributed by atoms with E-state index in [9.17, 15) is 4.79 Å². The van der Waals surface area contributed by atoms with E-state index in [0.29, 0.717) is 10.8 Å². The van der Waals surface area contributed by atoms with Crippen LogP contribution < -0.4 is 5.73 Å². The molecule has 0 aliphatic heterocycles. The molecule has 0 amide bonds. The van der Waals surface area contributed by atoms with E-state index in [4.69, 9.17) is 15.3 Å². The molecule has 0 atom stereocenters. The van der Waals surface area contributed by atoms with Crippen molar-refractivity contribution in [3.63, 3.8) is 0 Å². The van der Waals surface area contributed by atoms with Gasteiger partial charge in [0, 0.05) is 5.39 Å². The smallest absolute Gasteiger partial charge is 0.357 e. The van der Waals surface area contributed by atoms with E-state index in [1.807, 2.05) is 31.2 Å². The van der Waals surface area contributed by atoms with Crippen molar-refractivity contribution in [2.24, 2.45) is 0 Å². The lowest BCUT2D eigenvalue weighted by atomic mass is 10.2. The molecule has 5 nitrogen and oxygen atoms in total. The predicted octanol–water partition coefficient (Wildman–Crippen LogP) is 3.15. The molecule has 0 radical (unpaired) electrons. The molecule has 19 heavy (non-hydrogen) atoms. The summed E-state index contributed by atoms with van der Waals surface area (Å²) in [5.41, 5.74) is 7.37. The Kier molecular flexibility index (Phi) is 2.53. The van der Waals surface area contributed by atoms with Crippen molar-refractivity contribution < 1.29 is 14.3 Å². The van der Waals surface area contributed by atoms with Crippen molar-refractivity contribution in [2.75, 3.05) is 5.73 Å². The summed E-state index contributed by atoms with van der Waals surface area (Å²) in [5.74, 6) is -0.600. The van der Waals surface area contributed by atoms with Gasteiger partial charge in [-0.05, 0) is 25.1 Å². The van der Waals surface area contributed by atoms with Crippen LogP contribution in [0, 0.1) is 6.92 Å². The molecule has 0 saturated heterocycles. The van der Waals surface area contributed by atoms with Crippen molar-refractivity contribution in [2.45, 2.75) is 6.92 Å². The summed E-state index contributed by atoms with van der Waals surface area (Å²) in [5, 5.41) is 10.6. The number of hydrogen-bond acceptors (Lipinski definition) is 5. The van der Waals surface area contributed by atoms with Crippen molar-refractivity contribution in [1.82, 2.24) is 4.98 Å². The molecule has 3 rings (SSSR count). The van der Waals surface area contributed by atoms with Crippen LogP contribution in [0.2, 0.25) is 0 Å². The number of furan rings is 1. The summed E-state index contributed by atoms with van der Waals surface area (Å²) >= 11 is 1.11. The van der Waals surface area contributed by atoms with Gasteiger partial charge in [0.2, 0.25) is 0 Å². The highest BCUT2D eigenvalue weighted by Gasteiger charge is 2.18. The molecule has 96 valence electrons. The maximum Gasteiger partial charge on any atom is 0.357 e. The Morgan fingerprint density at radius 1 is 1.42 bits per heavy atom. The number of benzene rings is 1. The standard InChI is InChI=1S/C13H10N2O3S/c1-6-2-3-8-7(4-6)5-9(18-8)12-15-10(13(16)17)11(14)19-12/h2-5H,14H2,1H3,(H,16,17). The molecule has 6 heteroatoms. The number of fused-ring (bicyclic) bond motifs is 1. The normalized spacial score (nSPS) is 11.0. The Morgan fingerprint density at radius 3 is 2.89 bits per heavy atom. The number of nitrogens with zero attached hydrogens (tertiary/aromatic N) is 1. The minimum atomic E-state index is -1.13. The maximum atomic E-state index is 10.9. The number of carbonyl (C=O) groups is 1. The van der Waals surface area contributed by atoms with Crippen LogP contribution in [0.1, 0.15) is 16.1 Å². The highest BCUT2D eigenvalue weighted by Crippen LogP contribution is 2.33. The third kappa shape index (κ3) is 1.96. The molecule has 2 aromatic heterocycles. The second-order valence-electron chi connectivity index (χ2n) is 4.19. The highest BCUT2D eigenvalue weighted by molar-refractivity contribution is 7.19. The van der Waals surface area contributed by atoms with E-state index in [1.165, 1.54) is 0 Å². The third-order valence-corrected chi connectivity index (χ3v) is 3.64. The van der Waals surface area contributed by atoms with E-state index in [-0.39, 0.29) is 10.7 Å². The fourth-order valence-corrected chi connectivity index (χ4v) is 2.63. The summed E-state index contributed by atoms with van der Waals surface area (Å²) in [7, 11) is 0. The largest absolute Gasteiger partial charge is 0.476 e. The minimum absolute atomic E-state index is 0.128. The maximum absolute atomic E-state index is 10.9. The summed E-state index contributed by atoms with van der Waals surface area (Å²) in [6, 6.07) is 7.67. The predicted molar refractivity (Wildman–Crippen MR) is 73.4 cm³/mol. The highest BCUT2D eigenvalue weighted by atomic mass is 32.1. The van der Waals surface area contributed by atoms with E-state index in [0.717, 1.165) is 27.9 Å². The zero-order chi connectivity index (χ0) is 13.6. The first-order valence-corrected chi connectivity index (χ1v) is 6.36. The first-order chi connectivity index (χ1) is 9.04. The zero-order valence-electron chi connectivity index (χ0n) is 10.0. The van der Waals surface area contributed by atoms with E-state index < -0.39 is 5.97 Å². The van der Waals surface area contributed by atoms with Crippen LogP contribution in [0.15, 0.2) is 28.7 Å². The van der Waals surface area contributed by atoms with Gasteiger partial charge >= 0.3 is 5.97 Å². The fourth-order valence-electron chi connectivity index (χ4n) is 1.86. The number of aryl methyl sites for hydroxylation is 1. The number of anilines is 1. The molecule has 2 heterocycles. The first-order valence-electron chi connectivity index (χ1n) is 5.55. The Bertz CT molecular complexity index is 788. The molecule has 0 unspecified atom stereocenters. The third-order valence-electron chi connectivity index (χ3n) is 2.74. The number of hydrogen-bond donors (Lipinski definition) is 2. The first kappa shape index (κ1) is 11.7. The SMILES string of the molecule is Cc1ccc2oc(-c3nc(C(=O)O)c(N)s3)cc2c1. The molecule has 0 saturated carbocycles. The molecule has 3 aromatic rings. The van der Waals surface area contributed by atoms with Crippen molar-refractivity contribution in [3.8, 4) is 10.8 Å². The molecule has 1 aromatic carbocycles. The zero-order valence-corrected chi connectivity index (χ0v) is 10.8. The second kappa shape index (κ2) is 4.10. The number of rotatable bonds is 2. The Balaban J connectivity index is 2.13. The summed E-state index contributed by atoms with van der Waals surface area (Å²) in [6.45, 7) is 2.00. The van der Waals surface area contributed by atoms with E-state index in [1.54, 1.807) is 0 Å². The lowest BCUT2D eigenvalue weighted by Gasteiger charge is -1.89. The lowest BCUT2D eigenvalue weighted by molar-refractivity contribution is 0.0692. The molecule has 0 spiro atoms. The summed E-state index contributed by atoms with van der Waals surface area (Å²) < 4.78 is 5.66. The molecule has 0 aliphatic carbocycles. The number of carboxylic acid groups (broad SMARTS) is 1. The number of aromatic carboxylic acids is 1. The topological polar surface area (TPSA) is 89.3 Å². The molecule has 3 N–H and O–H groups in total. The Morgan fingerprint density at radius 2 is 2.21 bits per heavy atom. The number of aromatic nitrogens is 1. The van der Waals surface area contributed by atoms with Crippen LogP contribution in [0.4, 0.5) is 5.00 Å². The van der Waals surface area contributed by atoms with Gasteiger partial charge in [0.1, 0.15) is 10.6 Å². The van der Waals surface area contributed by atoms with Crippen molar-refractivity contribution in [1.29, 1.82) is 0 Å². The Labute approximate surface area is 112 Å². The van der Waals surface area contributed by atoms with Crippen LogP contribution in [0.25, 0.3) is 21.7 Å². The average molecular weight is 274 g/mol. The monoisotopic (exact) mass is 274 g/mol. The van der Waals surface area contributed by atoms with Crippen LogP contribution in [0.3, 0.4) is 0 Å². The molecule has 0 bridgehead atoms. The van der Waals surface area contributed by atoms with Crippen LogP contribution in [-0.2, 0) is 0 Å². The second-order valence-corrected chi connectivity index (χ2v) is 5.22. The average Bonchev–Trinajstić information content (AvgIpc) is 2.91. The molecular weight excluding hydrogens is 264 g/mol. The van der Waals surface area contributed by atoms with Crippen molar-refractivity contribution >= 4 is 33.3 Å². The number of nitrogens with two attached hydrogens (primary N) is 1. The van der Waals surface area contributed by atoms with Gasteiger partial charge in [-0.2, -0.15) is 0 Å². The van der Waals surface area contributed by atoms with Crippen LogP contribution in [0.5, 0.6) is 0 Å². The fraction of sp³-hybridized carbons (Fsp3) is 0.0769. The van der Waals surface area contributed by atoms with Gasteiger partial charge in [-0.15, -0.1) is 0 Å². The van der Waals surface area contributed by atoms with Gasteiger partial charge in [0.05, 0.1) is 0 Å². The molecule has 0 fully saturated rings. The number of carboxylic acids is 1. The summed E-state index contributed by atoms with van der Waals surface area (Å²) in [6.07, 6.45) is 0. The summed E-state index contributed by atoms with van der Waals surface area (Å²) in [4.78, 5) is 14.9. The van der Waals surface area contributed by atoms with Crippen LogP contribution >= 0.6 is 11.3 Å². The minimum Gasteiger partial charge on any atom is -0.476 e. The van der Waals surface area contributed by atoms with Gasteiger partial charge < -0.3 is 15.3 Å². The van der Waals surface area contributed by atoms with Gasteiger partial charge in [0.25, 0.3) is 0 Å². The number of thiazole rings is 1. The van der Waals surface area contributed by atoms with Crippen LogP contribution in [-0.4, -0.2) is 16.1 Å². The van der Waals surface area contributed by atoms with E-state index in [2.05, 4.69) is 4.98 Å². The van der Waals surface area contributed by atoms with Crippen molar-refractivity contribution in [3.05, 3.63) is 35.5 Å². The number of nitrogen functional groups attached to an aromatic ring is 1. The molecular formula is C13H10N2O3S. The van der Waals surface area contributed by atoms with Gasteiger partial charge in [-0.3, -0.25) is 0 Å². The Hall–Kier alpha value is -2.34. The lowest BCUT2D eigenvalue weighted by Crippen LogP contribution is -2.00. The van der Waals surface area contributed by atoms with E-state index >= 15 is 0 Å². The van der Waals surface area contributed by atoms with Gasteiger partial charge in [0.15, 0.2) is 16.5 Å². The van der Waals surface area contributed by atoms with Gasteiger partial charge in [-0.25, -0.2) is 9.78 Å². The van der Waals surface area contributed by atoms with Gasteiger partial charge in [-0.1, -0.05) is 23.0 Å². The molecule has 0 aliphatic rings.